The molecular weight excluding hydrogens is 548 g/mol. The summed E-state index contributed by atoms with van der Waals surface area (Å²) in [6, 6.07) is 27.4. The van der Waals surface area contributed by atoms with Gasteiger partial charge in [0.2, 0.25) is 5.91 Å². The number of halogens is 1. The minimum atomic E-state index is -1.40. The number of ether oxygens (including phenoxy) is 1. The second-order valence-electron chi connectivity index (χ2n) is 11.0. The van der Waals surface area contributed by atoms with Crippen molar-refractivity contribution in [2.75, 3.05) is 17.3 Å². The highest BCUT2D eigenvalue weighted by atomic mass is 35.5. The molecular formula is C35H27ClN2O4. The van der Waals surface area contributed by atoms with Gasteiger partial charge in [-0.1, -0.05) is 78.3 Å². The molecule has 1 spiro atoms. The molecule has 208 valence electrons. The zero-order chi connectivity index (χ0) is 29.2. The van der Waals surface area contributed by atoms with E-state index in [2.05, 4.69) is 5.32 Å². The molecule has 4 aromatic rings. The van der Waals surface area contributed by atoms with Crippen molar-refractivity contribution in [2.24, 2.45) is 5.92 Å². The van der Waals surface area contributed by atoms with E-state index in [0.29, 0.717) is 33.1 Å². The van der Waals surface area contributed by atoms with E-state index in [1.807, 2.05) is 66.4 Å². The Bertz CT molecular complexity index is 1830. The van der Waals surface area contributed by atoms with E-state index in [0.717, 1.165) is 16.8 Å². The zero-order valence-corrected chi connectivity index (χ0v) is 23.8. The largest absolute Gasteiger partial charge is 0.497 e. The number of hydrogen-bond donors (Lipinski definition) is 1. The van der Waals surface area contributed by atoms with Crippen LogP contribution in [0.2, 0.25) is 5.02 Å². The van der Waals surface area contributed by atoms with Crippen molar-refractivity contribution >= 4 is 46.0 Å². The highest BCUT2D eigenvalue weighted by Gasteiger charge is 2.70. The van der Waals surface area contributed by atoms with E-state index in [9.17, 15) is 14.4 Å². The summed E-state index contributed by atoms with van der Waals surface area (Å²) in [6.45, 7) is 2.00. The number of nitrogens with zero attached hydrogens (tertiary/aromatic N) is 1. The lowest BCUT2D eigenvalue weighted by Crippen LogP contribution is -2.51. The first-order chi connectivity index (χ1) is 20.4. The lowest BCUT2D eigenvalue weighted by atomic mass is 9.64. The summed E-state index contributed by atoms with van der Waals surface area (Å²) in [5, 5.41) is 3.35. The van der Waals surface area contributed by atoms with Crippen LogP contribution in [0.25, 0.3) is 5.57 Å². The Morgan fingerprint density at radius 1 is 0.905 bits per heavy atom. The van der Waals surface area contributed by atoms with Gasteiger partial charge in [-0.05, 0) is 54.5 Å². The van der Waals surface area contributed by atoms with Crippen molar-refractivity contribution in [2.45, 2.75) is 24.4 Å². The summed E-state index contributed by atoms with van der Waals surface area (Å²) < 4.78 is 5.44. The van der Waals surface area contributed by atoms with E-state index in [1.165, 1.54) is 7.11 Å². The van der Waals surface area contributed by atoms with E-state index in [4.69, 9.17) is 16.3 Å². The maximum Gasteiger partial charge on any atom is 0.238 e. The molecule has 3 aliphatic heterocycles. The Balaban J connectivity index is 1.56. The van der Waals surface area contributed by atoms with E-state index < -0.39 is 23.4 Å². The number of fused-ring (bicyclic) bond motifs is 6. The molecule has 1 N–H and O–H groups in total. The number of nitrogens with one attached hydrogen (secondary N) is 1. The molecule has 6 nitrogen and oxygen atoms in total. The monoisotopic (exact) mass is 574 g/mol. The van der Waals surface area contributed by atoms with Gasteiger partial charge in [-0.3, -0.25) is 14.4 Å². The van der Waals surface area contributed by atoms with E-state index in [1.54, 1.807) is 48.5 Å². The van der Waals surface area contributed by atoms with Gasteiger partial charge in [0.15, 0.2) is 11.6 Å². The minimum Gasteiger partial charge on any atom is -0.497 e. The molecule has 0 radical (unpaired) electrons. The zero-order valence-electron chi connectivity index (χ0n) is 23.0. The fraction of sp³-hybridized carbons (Fsp3) is 0.171. The molecule has 1 fully saturated rings. The van der Waals surface area contributed by atoms with Crippen LogP contribution in [0.1, 0.15) is 38.8 Å². The van der Waals surface area contributed by atoms with Crippen molar-refractivity contribution < 1.29 is 19.1 Å². The topological polar surface area (TPSA) is 75.7 Å². The van der Waals surface area contributed by atoms with Crippen LogP contribution in [0.15, 0.2) is 103 Å². The molecule has 3 aliphatic rings. The molecule has 0 saturated carbocycles. The van der Waals surface area contributed by atoms with E-state index in [-0.39, 0.29) is 17.5 Å². The standard InChI is InChI=1S/C35H27ClN2O4/c1-20-18-29-35(25-14-5-7-16-27(25)37-34(35)41)30(32(39)21-10-9-11-22(19-21)42-2)31(33(40)24-13-3-6-15-26(24)36)38(29)28-17-8-4-12-23(20)28/h3-19,29-31H,1-2H3,(H,37,41)/t29-,30-,31+,35+/m0/s1. The Kier molecular flexibility index (Phi) is 6.06. The van der Waals surface area contributed by atoms with Crippen LogP contribution in [0.3, 0.4) is 0 Å². The molecule has 1 amide bonds. The number of ketones is 2. The quantitative estimate of drug-likeness (QED) is 0.272. The summed E-state index contributed by atoms with van der Waals surface area (Å²) in [5.41, 5.74) is 3.33. The fourth-order valence-electron chi connectivity index (χ4n) is 7.16. The van der Waals surface area contributed by atoms with Gasteiger partial charge >= 0.3 is 0 Å². The normalized spacial score (nSPS) is 23.5. The van der Waals surface area contributed by atoms with Crippen LogP contribution < -0.4 is 15.0 Å². The van der Waals surface area contributed by atoms with Gasteiger partial charge in [0.25, 0.3) is 0 Å². The molecule has 42 heavy (non-hydrogen) atoms. The highest BCUT2D eigenvalue weighted by Crippen LogP contribution is 2.59. The molecule has 4 atom stereocenters. The second-order valence-corrected chi connectivity index (χ2v) is 11.4. The number of carbonyl (C=O) groups excluding carboxylic acids is 3. The van der Waals surface area contributed by atoms with Crippen LogP contribution >= 0.6 is 11.6 Å². The van der Waals surface area contributed by atoms with Crippen LogP contribution in [0.4, 0.5) is 11.4 Å². The fourth-order valence-corrected chi connectivity index (χ4v) is 7.39. The molecule has 1 saturated heterocycles. The Labute approximate surface area is 248 Å². The minimum absolute atomic E-state index is 0.292. The predicted molar refractivity (Wildman–Crippen MR) is 163 cm³/mol. The first-order valence-corrected chi connectivity index (χ1v) is 14.2. The molecule has 3 heterocycles. The number of amides is 1. The molecule has 7 rings (SSSR count). The van der Waals surface area contributed by atoms with Gasteiger partial charge < -0.3 is 15.0 Å². The average Bonchev–Trinajstić information content (AvgIpc) is 3.49. The predicted octanol–water partition coefficient (Wildman–Crippen LogP) is 6.59. The molecule has 0 bridgehead atoms. The van der Waals surface area contributed by atoms with Crippen LogP contribution in [-0.2, 0) is 10.2 Å². The van der Waals surface area contributed by atoms with Gasteiger partial charge in [0.05, 0.1) is 24.1 Å². The Morgan fingerprint density at radius 3 is 2.45 bits per heavy atom. The van der Waals surface area contributed by atoms with Crippen LogP contribution in [-0.4, -0.2) is 36.7 Å². The number of hydrogen-bond acceptors (Lipinski definition) is 5. The number of para-hydroxylation sites is 2. The second kappa shape index (κ2) is 9.71. The number of rotatable bonds is 5. The summed E-state index contributed by atoms with van der Waals surface area (Å²) in [4.78, 5) is 46.2. The van der Waals surface area contributed by atoms with Gasteiger partial charge in [-0.15, -0.1) is 0 Å². The van der Waals surface area contributed by atoms with Crippen molar-refractivity contribution in [3.63, 3.8) is 0 Å². The summed E-state index contributed by atoms with van der Waals surface area (Å²) in [5.74, 6) is -1.51. The van der Waals surface area contributed by atoms with Gasteiger partial charge in [-0.25, -0.2) is 0 Å². The summed E-state index contributed by atoms with van der Waals surface area (Å²) in [7, 11) is 1.54. The van der Waals surface area contributed by atoms with Crippen molar-refractivity contribution in [1.82, 2.24) is 0 Å². The first-order valence-electron chi connectivity index (χ1n) is 13.8. The van der Waals surface area contributed by atoms with Crippen molar-refractivity contribution in [3.8, 4) is 5.75 Å². The average molecular weight is 575 g/mol. The third kappa shape index (κ3) is 3.55. The molecule has 7 heteroatoms. The lowest BCUT2D eigenvalue weighted by Gasteiger charge is -2.39. The summed E-state index contributed by atoms with van der Waals surface area (Å²) >= 11 is 6.61. The lowest BCUT2D eigenvalue weighted by molar-refractivity contribution is -0.121. The van der Waals surface area contributed by atoms with Gasteiger partial charge in [0.1, 0.15) is 17.2 Å². The third-order valence-electron chi connectivity index (χ3n) is 8.93. The maximum absolute atomic E-state index is 14.9. The number of allylic oxidation sites excluding steroid dienone is 1. The number of benzene rings is 4. The molecule has 0 aliphatic carbocycles. The van der Waals surface area contributed by atoms with Crippen molar-refractivity contribution in [3.05, 3.63) is 130 Å². The smallest absolute Gasteiger partial charge is 0.238 e. The number of methoxy groups -OCH3 is 1. The van der Waals surface area contributed by atoms with Crippen LogP contribution in [0.5, 0.6) is 5.75 Å². The van der Waals surface area contributed by atoms with Gasteiger partial charge in [0, 0.05) is 28.1 Å². The Hall–Kier alpha value is -4.68. The third-order valence-corrected chi connectivity index (χ3v) is 9.26. The number of carbonyl (C=O) groups is 3. The molecule has 4 aromatic carbocycles. The maximum atomic E-state index is 14.9. The van der Waals surface area contributed by atoms with Crippen LogP contribution in [0, 0.1) is 5.92 Å². The summed E-state index contributed by atoms with van der Waals surface area (Å²) in [6.07, 6.45) is 2.04. The Morgan fingerprint density at radius 2 is 1.64 bits per heavy atom. The SMILES string of the molecule is COc1cccc(C(=O)[C@@H]2[C@H](C(=O)c3ccccc3Cl)N3c4ccccc4C(C)=C[C@H]3[C@@]23C(=O)Nc2ccccc23)c1. The number of anilines is 2. The van der Waals surface area contributed by atoms with E-state index >= 15 is 0 Å². The van der Waals surface area contributed by atoms with Crippen molar-refractivity contribution in [1.29, 1.82) is 0 Å². The number of Topliss-reactive ketones (excluding diaryl/α,β-unsaturated/α-hetero) is 2. The first kappa shape index (κ1) is 26.2. The highest BCUT2D eigenvalue weighted by molar-refractivity contribution is 6.34. The van der Waals surface area contributed by atoms with Gasteiger partial charge in [-0.2, -0.15) is 0 Å². The molecule has 0 aromatic heterocycles. The molecule has 0 unspecified atom stereocenters.